The molecule has 124 heavy (non-hydrogen) atoms. The van der Waals surface area contributed by atoms with Crippen molar-refractivity contribution in [2.75, 3.05) is 64.9 Å². The zero-order valence-corrected chi connectivity index (χ0v) is 73.9. The van der Waals surface area contributed by atoms with Crippen molar-refractivity contribution in [1.29, 1.82) is 0 Å². The van der Waals surface area contributed by atoms with E-state index in [4.69, 9.17) is 20.3 Å². The molecular formula is C88H115ClN20O13S2. The number of pyridine rings is 4. The number of fused-ring (bicyclic) bond motifs is 4. The predicted octanol–water partition coefficient (Wildman–Crippen LogP) is 11.8. The molecule has 12 rings (SSSR count). The van der Waals surface area contributed by atoms with Crippen molar-refractivity contribution < 1.29 is 60.2 Å². The number of carboxylic acids is 1. The number of aryl methyl sites for hydroxylation is 4. The van der Waals surface area contributed by atoms with E-state index in [1.165, 1.54) is 5.56 Å². The molecule has 8 heterocycles. The van der Waals surface area contributed by atoms with E-state index in [0.29, 0.717) is 140 Å². The van der Waals surface area contributed by atoms with Crippen LogP contribution in [0.25, 0.3) is 44.1 Å². The first kappa shape index (κ1) is 99.0. The fourth-order valence-corrected chi connectivity index (χ4v) is 12.8. The van der Waals surface area contributed by atoms with Crippen molar-refractivity contribution >= 4 is 110 Å². The molecule has 0 saturated carbocycles. The number of rotatable bonds is 36. The second kappa shape index (κ2) is 51.7. The molecule has 0 saturated heterocycles. The molecule has 5 amide bonds. The third-order valence-corrected chi connectivity index (χ3v) is 18.7. The van der Waals surface area contributed by atoms with E-state index in [-0.39, 0.29) is 36.8 Å². The van der Waals surface area contributed by atoms with Crippen LogP contribution < -0.4 is 26.4 Å². The van der Waals surface area contributed by atoms with Crippen molar-refractivity contribution in [3.63, 3.8) is 0 Å². The second-order valence-corrected chi connectivity index (χ2v) is 35.6. The number of nitrogens with zero attached hydrogens (tertiary/aromatic N) is 11. The summed E-state index contributed by atoms with van der Waals surface area (Å²) in [6, 6.07) is 55.0. The fraction of sp³-hybridized carbons (Fsp3) is 0.386. The van der Waals surface area contributed by atoms with Gasteiger partial charge in [-0.05, 0) is 164 Å². The Labute approximate surface area is 728 Å². The number of benzene rings is 4. The number of hydrogen-bond acceptors (Lipinski definition) is 22. The number of alkyl carbamates (subject to hydrolysis) is 2. The SMILES string of the molecule is CC(C)(C)OC(=O)NCCN(Cc1ccccc1)C(=O)CCCc1[nH]nc2ncccc12.CC(C)(C)OC(=O)NCCNCc1ccccc1.CS(=O)(=O)Cl.CS(=O)(=O)NCCN(Cc1ccccc1)C(=O)CCCc1[nH]nc2ncccc12.NCCN(Cc1ccccc1)C(=O)CCCc1[nH]nc2ncccc12.O=C(O)CCCc1[nH]nc2ncccc12. The van der Waals surface area contributed by atoms with Gasteiger partial charge in [-0.2, -0.15) is 20.4 Å². The maximum atomic E-state index is 13.0. The summed E-state index contributed by atoms with van der Waals surface area (Å²) in [6.07, 6.45) is 15.0. The Morgan fingerprint density at radius 2 is 0.718 bits per heavy atom. The number of aromatic amines is 4. The standard InChI is InChI=1S/C24H31N5O3.C20H25N5O3S.C19H23N5O.C14H22N2O2.C10H11N3O2.CH3ClO2S/c1-24(2,3)32-23(31)26-15-16-29(17-18-9-5-4-6-10-18)21(30)13-7-12-20-19-11-8-14-25-22(19)28-27-20;1-29(27,28)22-13-14-25(15-16-7-3-2-4-8-16)19(26)11-5-10-18-17-9-6-12-21-20(17)24-23-18;20-11-13-24(14-15-6-2-1-3-7-15)18(25)10-4-9-17-16-8-5-12-21-19(16)23-22-17;1-14(2,3)18-13(17)16-10-9-15-11-12-7-5-4-6-8-12;14-9(15)5-1-4-8-7-3-2-6-11-10(7)13-12-8;1-5(2,3)4/h4-6,8-11,14H,7,12-13,15-17H2,1-3H3,(H,26,31)(H,25,27,28);2-4,6-9,12,22H,5,10-11,13-15H2,1H3,(H,21,23,24);1-3,5-8,12H,4,9-11,13-14,20H2,(H,21,22,23);4-8,15H,9-11H2,1-3H3,(H,16,17);2-3,6H,1,4-5H2,(H,14,15)(H,11,12,13);1H3. The minimum Gasteiger partial charge on any atom is -0.481 e. The van der Waals surface area contributed by atoms with Crippen LogP contribution in [0, 0.1) is 0 Å². The fourth-order valence-electron chi connectivity index (χ4n) is 12.3. The third-order valence-electron chi connectivity index (χ3n) is 17.9. The zero-order chi connectivity index (χ0) is 89.8. The number of H-pyrrole nitrogens is 4. The van der Waals surface area contributed by atoms with Gasteiger partial charge in [-0.15, -0.1) is 0 Å². The highest BCUT2D eigenvalue weighted by atomic mass is 35.7. The Balaban J connectivity index is 0.000000214. The molecule has 664 valence electrons. The van der Waals surface area contributed by atoms with E-state index in [0.717, 1.165) is 98.6 Å². The van der Waals surface area contributed by atoms with E-state index in [1.54, 1.807) is 34.6 Å². The number of amides is 5. The van der Waals surface area contributed by atoms with E-state index >= 15 is 0 Å². The molecule has 0 bridgehead atoms. The molecule has 0 atom stereocenters. The summed E-state index contributed by atoms with van der Waals surface area (Å²) in [7, 11) is -1.98. The van der Waals surface area contributed by atoms with Crippen LogP contribution in [0.4, 0.5) is 9.59 Å². The van der Waals surface area contributed by atoms with Crippen molar-refractivity contribution in [3.8, 4) is 0 Å². The molecule has 0 aliphatic rings. The number of sulfonamides is 1. The van der Waals surface area contributed by atoms with Crippen molar-refractivity contribution in [3.05, 3.63) is 240 Å². The molecule has 0 unspecified atom stereocenters. The number of nitrogens with one attached hydrogen (secondary N) is 8. The maximum Gasteiger partial charge on any atom is 0.407 e. The second-order valence-electron chi connectivity index (χ2n) is 30.7. The van der Waals surface area contributed by atoms with E-state index in [1.807, 2.05) is 204 Å². The number of carbonyl (C=O) groups is 6. The van der Waals surface area contributed by atoms with Crippen LogP contribution in [0.15, 0.2) is 195 Å². The van der Waals surface area contributed by atoms with E-state index in [2.05, 4.69) is 104 Å². The minimum atomic E-state index is -3.29. The van der Waals surface area contributed by atoms with Gasteiger partial charge in [-0.1, -0.05) is 121 Å². The maximum absolute atomic E-state index is 13.0. The molecule has 36 heteroatoms. The number of carbonyl (C=O) groups excluding carboxylic acids is 5. The van der Waals surface area contributed by atoms with Gasteiger partial charge in [-0.3, -0.25) is 39.6 Å². The van der Waals surface area contributed by atoms with Crippen LogP contribution in [0.2, 0.25) is 0 Å². The summed E-state index contributed by atoms with van der Waals surface area (Å²) < 4.78 is 54.3. The summed E-state index contributed by atoms with van der Waals surface area (Å²) in [5, 5.41) is 49.7. The lowest BCUT2D eigenvalue weighted by Gasteiger charge is -2.24. The van der Waals surface area contributed by atoms with Crippen molar-refractivity contribution in [2.24, 2.45) is 5.73 Å². The number of hydrogen-bond donors (Lipinski definition) is 10. The van der Waals surface area contributed by atoms with E-state index < -0.39 is 42.3 Å². The number of aromatic nitrogens is 12. The highest BCUT2D eigenvalue weighted by molar-refractivity contribution is 8.13. The largest absolute Gasteiger partial charge is 0.481 e. The molecule has 33 nitrogen and oxygen atoms in total. The Kier molecular flexibility index (Phi) is 41.3. The molecule has 8 aromatic heterocycles. The molecule has 12 aromatic rings. The van der Waals surface area contributed by atoms with Crippen molar-refractivity contribution in [2.45, 2.75) is 156 Å². The minimum absolute atomic E-state index is 0.00824. The topological polar surface area (TPSA) is 460 Å². The average Bonchev–Trinajstić information content (AvgIpc) is 1.71. The highest BCUT2D eigenvalue weighted by Crippen LogP contribution is 2.21. The summed E-state index contributed by atoms with van der Waals surface area (Å²) in [5.74, 6) is -0.596. The van der Waals surface area contributed by atoms with Crippen molar-refractivity contribution in [1.82, 2.24) is 96.1 Å². The van der Waals surface area contributed by atoms with Gasteiger partial charge in [0.1, 0.15) is 11.2 Å². The van der Waals surface area contributed by atoms with Gasteiger partial charge >= 0.3 is 18.2 Å². The number of halogens is 1. The highest BCUT2D eigenvalue weighted by Gasteiger charge is 2.22. The lowest BCUT2D eigenvalue weighted by Crippen LogP contribution is -2.40. The van der Waals surface area contributed by atoms with Gasteiger partial charge in [0, 0.05) is 184 Å². The van der Waals surface area contributed by atoms with Gasteiger partial charge in [0.15, 0.2) is 22.6 Å². The Morgan fingerprint density at radius 3 is 1.02 bits per heavy atom. The number of carboxylic acid groups (broad SMARTS) is 1. The third kappa shape index (κ3) is 39.4. The predicted molar refractivity (Wildman–Crippen MR) is 480 cm³/mol. The number of nitrogens with two attached hydrogens (primary N) is 1. The quantitative estimate of drug-likeness (QED) is 0.0129. The molecule has 0 aliphatic heterocycles. The zero-order valence-electron chi connectivity index (χ0n) is 71.5. The van der Waals surface area contributed by atoms with Gasteiger partial charge in [0.05, 0.1) is 12.5 Å². The molecule has 0 radical (unpaired) electrons. The van der Waals surface area contributed by atoms with Crippen LogP contribution in [0.1, 0.15) is 138 Å². The number of aliphatic carboxylic acids is 1. The van der Waals surface area contributed by atoms with Crippen LogP contribution in [-0.4, -0.2) is 209 Å². The van der Waals surface area contributed by atoms with E-state index in [9.17, 15) is 45.6 Å². The monoisotopic (exact) mass is 1760 g/mol. The number of ether oxygens (including phenoxy) is 2. The van der Waals surface area contributed by atoms with Crippen LogP contribution >= 0.6 is 10.7 Å². The summed E-state index contributed by atoms with van der Waals surface area (Å²) in [6.45, 7) is 16.9. The summed E-state index contributed by atoms with van der Waals surface area (Å²) in [4.78, 5) is 94.0. The molecule has 0 spiro atoms. The first-order valence-corrected chi connectivity index (χ1v) is 45.4. The first-order valence-electron chi connectivity index (χ1n) is 40.8. The molecule has 4 aromatic carbocycles. The lowest BCUT2D eigenvalue weighted by atomic mass is 10.1. The van der Waals surface area contributed by atoms with Crippen LogP contribution in [-0.2, 0) is 99.6 Å². The Morgan fingerprint density at radius 1 is 0.419 bits per heavy atom. The lowest BCUT2D eigenvalue weighted by molar-refractivity contribution is -0.137. The van der Waals surface area contributed by atoms with Gasteiger partial charge in [0.25, 0.3) is 0 Å². The molecule has 0 aliphatic carbocycles. The Hall–Kier alpha value is -12.2. The van der Waals surface area contributed by atoms with Crippen LogP contribution in [0.5, 0.6) is 0 Å². The normalized spacial score (nSPS) is 11.2. The smallest absolute Gasteiger partial charge is 0.407 e. The van der Waals surface area contributed by atoms with Gasteiger partial charge in [-0.25, -0.2) is 51.1 Å². The first-order chi connectivity index (χ1) is 59.3. The average molecular weight is 1760 g/mol. The Bertz CT molecular complexity index is 5460. The van der Waals surface area contributed by atoms with Gasteiger partial charge < -0.3 is 51.0 Å². The summed E-state index contributed by atoms with van der Waals surface area (Å²) >= 11 is 0. The molecular weight excluding hydrogens is 1640 g/mol. The van der Waals surface area contributed by atoms with Gasteiger partial charge in [0.2, 0.25) is 36.8 Å². The molecule has 0 fully saturated rings. The molecule has 11 N–H and O–H groups in total. The summed E-state index contributed by atoms with van der Waals surface area (Å²) in [5.41, 5.74) is 15.8. The van der Waals surface area contributed by atoms with Crippen LogP contribution in [0.3, 0.4) is 0 Å².